The molecule has 2 fully saturated rings. The van der Waals surface area contributed by atoms with E-state index in [1.165, 1.54) is 4.31 Å². The largest absolute Gasteiger partial charge is 0.374 e. The van der Waals surface area contributed by atoms with Gasteiger partial charge in [-0.2, -0.15) is 4.31 Å². The van der Waals surface area contributed by atoms with E-state index in [1.807, 2.05) is 0 Å². The SMILES string of the molecule is CN1[C@@H]2CN(C(=O)Nc3cccc(Cl)c3)C[C@@H]2OCCS1(=O)=O. The fourth-order valence-corrected chi connectivity index (χ4v) is 4.26. The summed E-state index contributed by atoms with van der Waals surface area (Å²) in [5.41, 5.74) is 0.594. The Morgan fingerprint density at radius 2 is 2.17 bits per heavy atom. The smallest absolute Gasteiger partial charge is 0.321 e. The first-order valence-electron chi connectivity index (χ1n) is 7.25. The number of rotatable bonds is 1. The Kier molecular flexibility index (Phi) is 4.50. The summed E-state index contributed by atoms with van der Waals surface area (Å²) in [6, 6.07) is 6.21. The van der Waals surface area contributed by atoms with Crippen LogP contribution in [0.5, 0.6) is 0 Å². The van der Waals surface area contributed by atoms with Crippen molar-refractivity contribution in [3.05, 3.63) is 29.3 Å². The van der Waals surface area contributed by atoms with Gasteiger partial charge >= 0.3 is 6.03 Å². The highest BCUT2D eigenvalue weighted by atomic mass is 35.5. The topological polar surface area (TPSA) is 79.0 Å². The molecule has 2 saturated heterocycles. The Morgan fingerprint density at radius 1 is 1.39 bits per heavy atom. The van der Waals surface area contributed by atoms with Crippen molar-refractivity contribution < 1.29 is 17.9 Å². The Morgan fingerprint density at radius 3 is 2.91 bits per heavy atom. The minimum Gasteiger partial charge on any atom is -0.374 e. The molecule has 2 atom stereocenters. The van der Waals surface area contributed by atoms with Gasteiger partial charge in [0.15, 0.2) is 0 Å². The lowest BCUT2D eigenvalue weighted by molar-refractivity contribution is 0.0517. The van der Waals surface area contributed by atoms with Gasteiger partial charge in [0.1, 0.15) is 0 Å². The number of halogens is 1. The van der Waals surface area contributed by atoms with Crippen LogP contribution in [0.1, 0.15) is 0 Å². The number of nitrogens with zero attached hydrogens (tertiary/aromatic N) is 2. The number of hydrogen-bond acceptors (Lipinski definition) is 4. The highest BCUT2D eigenvalue weighted by Crippen LogP contribution is 2.24. The summed E-state index contributed by atoms with van der Waals surface area (Å²) in [6.45, 7) is 0.807. The number of likely N-dealkylation sites (N-methyl/N-ethyl adjacent to an activating group) is 1. The van der Waals surface area contributed by atoms with Crippen molar-refractivity contribution in [2.24, 2.45) is 0 Å². The van der Waals surface area contributed by atoms with Gasteiger partial charge in [0.2, 0.25) is 10.0 Å². The fourth-order valence-electron chi connectivity index (χ4n) is 2.86. The van der Waals surface area contributed by atoms with Crippen molar-refractivity contribution >= 4 is 33.3 Å². The van der Waals surface area contributed by atoms with Crippen molar-refractivity contribution in [3.8, 4) is 0 Å². The van der Waals surface area contributed by atoms with Gasteiger partial charge in [0.25, 0.3) is 0 Å². The standard InChI is InChI=1S/C14H18ClN3O4S/c1-17-12-8-18(9-13(12)22-5-6-23(17,20)21)14(19)16-11-4-2-3-10(15)7-11/h2-4,7,12-13H,5-6,8-9H2,1H3,(H,16,19)/t12-,13+/m1/s1. The second-order valence-corrected chi connectivity index (χ2v) is 8.24. The number of nitrogens with one attached hydrogen (secondary N) is 1. The van der Waals surface area contributed by atoms with E-state index >= 15 is 0 Å². The van der Waals surface area contributed by atoms with E-state index in [0.717, 1.165) is 0 Å². The maximum Gasteiger partial charge on any atom is 0.321 e. The van der Waals surface area contributed by atoms with Crippen LogP contribution in [-0.4, -0.2) is 68.3 Å². The number of likely N-dealkylation sites (tertiary alicyclic amines) is 1. The number of amides is 2. The molecule has 1 aromatic rings. The molecule has 3 rings (SSSR count). The van der Waals surface area contributed by atoms with E-state index in [2.05, 4.69) is 5.32 Å². The van der Waals surface area contributed by atoms with Crippen LogP contribution in [0.4, 0.5) is 10.5 Å². The van der Waals surface area contributed by atoms with E-state index < -0.39 is 10.0 Å². The average Bonchev–Trinajstić information content (AvgIpc) is 2.86. The summed E-state index contributed by atoms with van der Waals surface area (Å²) in [7, 11) is -1.79. The molecule has 0 saturated carbocycles. The molecule has 0 spiro atoms. The lowest BCUT2D eigenvalue weighted by Gasteiger charge is -2.23. The van der Waals surface area contributed by atoms with Gasteiger partial charge in [-0.25, -0.2) is 13.2 Å². The zero-order chi connectivity index (χ0) is 16.6. The Labute approximate surface area is 140 Å². The summed E-state index contributed by atoms with van der Waals surface area (Å²) in [4.78, 5) is 13.9. The molecule has 2 aliphatic rings. The number of carbonyl (C=O) groups excluding carboxylic acids is 1. The lowest BCUT2D eigenvalue weighted by Crippen LogP contribution is -2.43. The molecule has 0 aromatic heterocycles. The van der Waals surface area contributed by atoms with Crippen LogP contribution in [0.25, 0.3) is 0 Å². The number of anilines is 1. The Bertz CT molecular complexity index is 712. The van der Waals surface area contributed by atoms with Crippen LogP contribution in [-0.2, 0) is 14.8 Å². The molecule has 2 aliphatic heterocycles. The quantitative estimate of drug-likeness (QED) is 0.817. The van der Waals surface area contributed by atoms with Crippen LogP contribution in [0, 0.1) is 0 Å². The first-order chi connectivity index (χ1) is 10.9. The number of fused-ring (bicyclic) bond motifs is 1. The second kappa shape index (κ2) is 6.27. The maximum atomic E-state index is 12.4. The average molecular weight is 360 g/mol. The Balaban J connectivity index is 1.70. The van der Waals surface area contributed by atoms with Gasteiger partial charge in [-0.1, -0.05) is 17.7 Å². The van der Waals surface area contributed by atoms with Crippen LogP contribution < -0.4 is 5.32 Å². The monoisotopic (exact) mass is 359 g/mol. The maximum absolute atomic E-state index is 12.4. The molecular weight excluding hydrogens is 342 g/mol. The lowest BCUT2D eigenvalue weighted by atomic mass is 10.2. The molecular formula is C14H18ClN3O4S. The summed E-state index contributed by atoms with van der Waals surface area (Å²) < 4.78 is 31.1. The molecule has 0 bridgehead atoms. The molecule has 2 heterocycles. The van der Waals surface area contributed by atoms with Gasteiger partial charge in [-0.05, 0) is 18.2 Å². The third-order valence-corrected chi connectivity index (χ3v) is 6.25. The van der Waals surface area contributed by atoms with Crippen LogP contribution in [0.2, 0.25) is 5.02 Å². The highest BCUT2D eigenvalue weighted by molar-refractivity contribution is 7.89. The van der Waals surface area contributed by atoms with Gasteiger partial charge in [-0.15, -0.1) is 0 Å². The number of urea groups is 1. The predicted octanol–water partition coefficient (Wildman–Crippen LogP) is 1.22. The third kappa shape index (κ3) is 3.45. The van der Waals surface area contributed by atoms with Gasteiger partial charge < -0.3 is 15.0 Å². The first-order valence-corrected chi connectivity index (χ1v) is 9.24. The molecule has 0 unspecified atom stereocenters. The van der Waals surface area contributed by atoms with E-state index in [0.29, 0.717) is 23.8 Å². The minimum absolute atomic E-state index is 0.0226. The van der Waals surface area contributed by atoms with Crippen molar-refractivity contribution in [1.82, 2.24) is 9.21 Å². The van der Waals surface area contributed by atoms with E-state index in [-0.39, 0.29) is 30.5 Å². The van der Waals surface area contributed by atoms with E-state index in [9.17, 15) is 13.2 Å². The first kappa shape index (κ1) is 16.5. The molecule has 1 aromatic carbocycles. The molecule has 2 amide bonds. The van der Waals surface area contributed by atoms with E-state index in [1.54, 1.807) is 36.2 Å². The van der Waals surface area contributed by atoms with Crippen molar-refractivity contribution in [3.63, 3.8) is 0 Å². The normalized spacial score (nSPS) is 27.3. The minimum atomic E-state index is -3.33. The second-order valence-electron chi connectivity index (χ2n) is 5.65. The zero-order valence-corrected chi connectivity index (χ0v) is 14.2. The summed E-state index contributed by atoms with van der Waals surface area (Å²) >= 11 is 5.90. The molecule has 1 N–H and O–H groups in total. The van der Waals surface area contributed by atoms with Crippen LogP contribution >= 0.6 is 11.6 Å². The van der Waals surface area contributed by atoms with Crippen molar-refractivity contribution in [2.45, 2.75) is 12.1 Å². The molecule has 7 nitrogen and oxygen atoms in total. The molecule has 23 heavy (non-hydrogen) atoms. The number of sulfonamides is 1. The summed E-state index contributed by atoms with van der Waals surface area (Å²) in [5, 5.41) is 3.30. The molecule has 0 radical (unpaired) electrons. The number of benzene rings is 1. The number of ether oxygens (including phenoxy) is 1. The fraction of sp³-hybridized carbons (Fsp3) is 0.500. The van der Waals surface area contributed by atoms with Gasteiger partial charge in [-0.3, -0.25) is 0 Å². The van der Waals surface area contributed by atoms with Gasteiger partial charge in [0.05, 0.1) is 31.1 Å². The van der Waals surface area contributed by atoms with Crippen LogP contribution in [0.15, 0.2) is 24.3 Å². The molecule has 9 heteroatoms. The Hall–Kier alpha value is -1.35. The number of hydrogen-bond donors (Lipinski definition) is 1. The third-order valence-electron chi connectivity index (χ3n) is 4.18. The van der Waals surface area contributed by atoms with Crippen LogP contribution in [0.3, 0.4) is 0 Å². The predicted molar refractivity (Wildman–Crippen MR) is 87.1 cm³/mol. The summed E-state index contributed by atoms with van der Waals surface area (Å²) in [5.74, 6) is -0.0226. The zero-order valence-electron chi connectivity index (χ0n) is 12.6. The van der Waals surface area contributed by atoms with Gasteiger partial charge in [0, 0.05) is 24.3 Å². The molecule has 126 valence electrons. The number of carbonyl (C=O) groups is 1. The highest BCUT2D eigenvalue weighted by Gasteiger charge is 2.44. The summed E-state index contributed by atoms with van der Waals surface area (Å²) in [6.07, 6.45) is -0.303. The van der Waals surface area contributed by atoms with Crippen molar-refractivity contribution in [1.29, 1.82) is 0 Å². The molecule has 0 aliphatic carbocycles. The van der Waals surface area contributed by atoms with Crippen molar-refractivity contribution in [2.75, 3.05) is 37.8 Å². The van der Waals surface area contributed by atoms with E-state index in [4.69, 9.17) is 16.3 Å².